The SMILES string of the molecule is O=C(O)c1ccc(-c2c3ccccc3[o+]c3ccccc23)c(C(=O)O)c1. The van der Waals surface area contributed by atoms with E-state index in [1.54, 1.807) is 6.07 Å². The Labute approximate surface area is 147 Å². The van der Waals surface area contributed by atoms with Gasteiger partial charge in [0.15, 0.2) is 0 Å². The summed E-state index contributed by atoms with van der Waals surface area (Å²) in [4.78, 5) is 23.1. The molecular weight excluding hydrogens is 332 g/mol. The van der Waals surface area contributed by atoms with E-state index in [2.05, 4.69) is 0 Å². The van der Waals surface area contributed by atoms with Gasteiger partial charge in [0.1, 0.15) is 0 Å². The molecule has 0 bridgehead atoms. The van der Waals surface area contributed by atoms with Gasteiger partial charge in [0, 0.05) is 17.7 Å². The van der Waals surface area contributed by atoms with Gasteiger partial charge in [-0.3, -0.25) is 0 Å². The summed E-state index contributed by atoms with van der Waals surface area (Å²) < 4.78 is 5.93. The maximum absolute atomic E-state index is 11.8. The fraction of sp³-hybridized carbons (Fsp3) is 0. The molecule has 1 aromatic heterocycles. The molecule has 0 saturated heterocycles. The Kier molecular flexibility index (Phi) is 3.62. The zero-order chi connectivity index (χ0) is 18.3. The molecule has 0 aliphatic carbocycles. The molecular formula is C21H13O5+. The molecule has 0 unspecified atom stereocenters. The smallest absolute Gasteiger partial charge is 0.361 e. The van der Waals surface area contributed by atoms with E-state index in [-0.39, 0.29) is 11.1 Å². The molecule has 4 rings (SSSR count). The lowest BCUT2D eigenvalue weighted by Gasteiger charge is -2.10. The molecule has 0 fully saturated rings. The van der Waals surface area contributed by atoms with Crippen LogP contribution in [0.15, 0.2) is 71.1 Å². The number of para-hydroxylation sites is 2. The molecule has 0 radical (unpaired) electrons. The maximum Gasteiger partial charge on any atom is 0.361 e. The highest BCUT2D eigenvalue weighted by atomic mass is 16.4. The average Bonchev–Trinajstić information content (AvgIpc) is 2.65. The van der Waals surface area contributed by atoms with Crippen molar-refractivity contribution in [3.05, 3.63) is 77.9 Å². The second-order valence-electron chi connectivity index (χ2n) is 5.84. The van der Waals surface area contributed by atoms with E-state index in [4.69, 9.17) is 4.42 Å². The van der Waals surface area contributed by atoms with Gasteiger partial charge in [0.25, 0.3) is 0 Å². The fourth-order valence-electron chi connectivity index (χ4n) is 3.15. The Balaban J connectivity index is 2.17. The maximum atomic E-state index is 11.8. The Morgan fingerprint density at radius 1 is 0.731 bits per heavy atom. The summed E-state index contributed by atoms with van der Waals surface area (Å²) in [5.74, 6) is -2.35. The minimum atomic E-state index is -1.18. The van der Waals surface area contributed by atoms with Crippen molar-refractivity contribution >= 4 is 33.9 Å². The molecule has 126 valence electrons. The molecule has 2 N–H and O–H groups in total. The van der Waals surface area contributed by atoms with Crippen LogP contribution in [0, 0.1) is 0 Å². The summed E-state index contributed by atoms with van der Waals surface area (Å²) in [6.45, 7) is 0. The van der Waals surface area contributed by atoms with Crippen molar-refractivity contribution in [2.75, 3.05) is 0 Å². The van der Waals surface area contributed by atoms with Crippen molar-refractivity contribution in [3.63, 3.8) is 0 Å². The quantitative estimate of drug-likeness (QED) is 0.406. The van der Waals surface area contributed by atoms with Crippen molar-refractivity contribution < 1.29 is 24.2 Å². The predicted molar refractivity (Wildman–Crippen MR) is 97.5 cm³/mol. The lowest BCUT2D eigenvalue weighted by atomic mass is 9.92. The van der Waals surface area contributed by atoms with Gasteiger partial charge in [-0.1, -0.05) is 30.3 Å². The van der Waals surface area contributed by atoms with Gasteiger partial charge in [-0.15, -0.1) is 0 Å². The van der Waals surface area contributed by atoms with Crippen molar-refractivity contribution in [2.24, 2.45) is 0 Å². The number of hydrogen-bond acceptors (Lipinski definition) is 2. The molecule has 26 heavy (non-hydrogen) atoms. The first-order valence-corrected chi connectivity index (χ1v) is 7.91. The van der Waals surface area contributed by atoms with Crippen LogP contribution in [0.25, 0.3) is 33.1 Å². The Morgan fingerprint density at radius 2 is 1.31 bits per heavy atom. The molecule has 1 heterocycles. The molecule has 0 spiro atoms. The largest absolute Gasteiger partial charge is 0.478 e. The Morgan fingerprint density at radius 3 is 1.85 bits per heavy atom. The van der Waals surface area contributed by atoms with E-state index in [1.807, 2.05) is 48.5 Å². The molecule has 0 saturated carbocycles. The van der Waals surface area contributed by atoms with Crippen molar-refractivity contribution in [1.82, 2.24) is 0 Å². The highest BCUT2D eigenvalue weighted by molar-refractivity contribution is 6.12. The van der Waals surface area contributed by atoms with E-state index in [9.17, 15) is 19.8 Å². The van der Waals surface area contributed by atoms with Crippen LogP contribution in [0.1, 0.15) is 20.7 Å². The monoisotopic (exact) mass is 345 g/mol. The van der Waals surface area contributed by atoms with Crippen LogP contribution >= 0.6 is 0 Å². The van der Waals surface area contributed by atoms with Gasteiger partial charge in [-0.2, -0.15) is 0 Å². The first kappa shape index (κ1) is 15.8. The van der Waals surface area contributed by atoms with Crippen LogP contribution in [-0.4, -0.2) is 22.2 Å². The minimum absolute atomic E-state index is 0.0635. The van der Waals surface area contributed by atoms with E-state index in [0.29, 0.717) is 22.3 Å². The average molecular weight is 345 g/mol. The molecule has 5 heteroatoms. The number of carboxylic acid groups (broad SMARTS) is 2. The summed E-state index contributed by atoms with van der Waals surface area (Å²) in [6, 6.07) is 18.9. The first-order valence-electron chi connectivity index (χ1n) is 7.91. The summed E-state index contributed by atoms with van der Waals surface area (Å²) in [5.41, 5.74) is 2.27. The second-order valence-corrected chi connectivity index (χ2v) is 5.84. The summed E-state index contributed by atoms with van der Waals surface area (Å²) in [5, 5.41) is 20.4. The molecule has 4 aromatic rings. The van der Waals surface area contributed by atoms with Crippen LogP contribution in [-0.2, 0) is 0 Å². The normalized spacial score (nSPS) is 10.9. The molecule has 0 aliphatic rings. The summed E-state index contributed by atoms with van der Waals surface area (Å²) in [7, 11) is 0. The van der Waals surface area contributed by atoms with Crippen LogP contribution in [0.2, 0.25) is 0 Å². The Hall–Kier alpha value is -3.73. The third-order valence-electron chi connectivity index (χ3n) is 4.30. The molecule has 3 aromatic carbocycles. The van der Waals surface area contributed by atoms with Gasteiger partial charge >= 0.3 is 23.1 Å². The third kappa shape index (κ3) is 2.46. The molecule has 0 amide bonds. The van der Waals surface area contributed by atoms with Crippen molar-refractivity contribution in [1.29, 1.82) is 0 Å². The van der Waals surface area contributed by atoms with Gasteiger partial charge in [0.2, 0.25) is 0 Å². The van der Waals surface area contributed by atoms with E-state index >= 15 is 0 Å². The highest BCUT2D eigenvalue weighted by Crippen LogP contribution is 2.38. The standard InChI is InChI=1S/C21H12O5/c22-20(23)12-9-10-13(16(11-12)21(24)25)19-14-5-1-3-7-17(14)26-18-8-4-2-6-15(18)19/h1-11H,(H-,22,23,24,25)/p+1. The van der Waals surface area contributed by atoms with Crippen LogP contribution < -0.4 is 0 Å². The van der Waals surface area contributed by atoms with E-state index in [1.165, 1.54) is 12.1 Å². The lowest BCUT2D eigenvalue weighted by molar-refractivity contribution is 0.0696. The van der Waals surface area contributed by atoms with Crippen molar-refractivity contribution in [2.45, 2.75) is 0 Å². The Bertz CT molecular complexity index is 1140. The molecule has 5 nitrogen and oxygen atoms in total. The van der Waals surface area contributed by atoms with E-state index < -0.39 is 11.9 Å². The van der Waals surface area contributed by atoms with Crippen LogP contribution in [0.5, 0.6) is 0 Å². The van der Waals surface area contributed by atoms with Crippen LogP contribution in [0.3, 0.4) is 0 Å². The first-order chi connectivity index (χ1) is 12.6. The lowest BCUT2D eigenvalue weighted by Crippen LogP contribution is -2.04. The zero-order valence-electron chi connectivity index (χ0n) is 13.5. The molecule has 0 atom stereocenters. The summed E-state index contributed by atoms with van der Waals surface area (Å²) >= 11 is 0. The summed E-state index contributed by atoms with van der Waals surface area (Å²) in [6.07, 6.45) is 0. The van der Waals surface area contributed by atoms with E-state index in [0.717, 1.165) is 10.8 Å². The van der Waals surface area contributed by atoms with Gasteiger partial charge in [-0.25, -0.2) is 14.0 Å². The number of rotatable bonds is 3. The topological polar surface area (TPSA) is 85.9 Å². The number of aromatic carboxylic acids is 2. The number of hydrogen-bond donors (Lipinski definition) is 2. The van der Waals surface area contributed by atoms with Gasteiger partial charge < -0.3 is 10.2 Å². The van der Waals surface area contributed by atoms with Crippen LogP contribution in [0.4, 0.5) is 0 Å². The molecule has 0 aliphatic heterocycles. The van der Waals surface area contributed by atoms with Gasteiger partial charge in [0.05, 0.1) is 21.9 Å². The predicted octanol–water partition coefficient (Wildman–Crippen LogP) is 4.93. The van der Waals surface area contributed by atoms with Crippen molar-refractivity contribution in [3.8, 4) is 11.1 Å². The highest BCUT2D eigenvalue weighted by Gasteiger charge is 2.23. The van der Waals surface area contributed by atoms with Gasteiger partial charge in [-0.05, 0) is 29.8 Å². The number of carbonyl (C=O) groups is 2. The number of carboxylic acids is 2. The minimum Gasteiger partial charge on any atom is -0.478 e. The third-order valence-corrected chi connectivity index (χ3v) is 4.30. The fourth-order valence-corrected chi connectivity index (χ4v) is 3.15. The second kappa shape index (κ2) is 5.97. The number of fused-ring (bicyclic) bond motifs is 2. The zero-order valence-corrected chi connectivity index (χ0v) is 13.5. The number of benzene rings is 3.